The fraction of sp³-hybridized carbons (Fsp3) is 0.250. The van der Waals surface area contributed by atoms with Crippen LogP contribution >= 0.6 is 0 Å². The zero-order chi connectivity index (χ0) is 11.8. The molecular weight excluding hydrogens is 228 g/mol. The van der Waals surface area contributed by atoms with E-state index in [1.54, 1.807) is 5.48 Å². The molecule has 0 amide bonds. The summed E-state index contributed by atoms with van der Waals surface area (Å²) in [7, 11) is 0. The van der Waals surface area contributed by atoms with Crippen molar-refractivity contribution in [2.24, 2.45) is 5.16 Å². The first kappa shape index (κ1) is 9.91. The summed E-state index contributed by atoms with van der Waals surface area (Å²) < 4.78 is 4.15. The normalized spacial score (nSPS) is 23.6. The molecule has 2 heterocycles. The van der Waals surface area contributed by atoms with E-state index in [-0.39, 0.29) is 0 Å². The quantitative estimate of drug-likeness (QED) is 0.477. The lowest BCUT2D eigenvalue weighted by Crippen LogP contribution is -2.53. The lowest BCUT2D eigenvalue weighted by Gasteiger charge is -2.10. The molecule has 12 nitrogen and oxygen atoms in total. The number of hydrogen-bond acceptors (Lipinski definition) is 10. The second kappa shape index (κ2) is 3.20. The highest BCUT2D eigenvalue weighted by Gasteiger charge is 2.67. The van der Waals surface area contributed by atoms with Gasteiger partial charge in [-0.25, -0.2) is 4.63 Å². The molecule has 1 aromatic heterocycles. The summed E-state index contributed by atoms with van der Waals surface area (Å²) in [5, 5.41) is 30.7. The van der Waals surface area contributed by atoms with Crippen LogP contribution in [-0.2, 0) is 10.6 Å². The molecule has 1 aromatic rings. The summed E-state index contributed by atoms with van der Waals surface area (Å²) in [4.78, 5) is 23.6. The third-order valence-corrected chi connectivity index (χ3v) is 1.83. The Morgan fingerprint density at radius 1 is 1.44 bits per heavy atom. The Bertz CT molecular complexity index is 467. The van der Waals surface area contributed by atoms with Gasteiger partial charge in [-0.15, -0.1) is 0 Å². The predicted molar refractivity (Wildman–Crippen MR) is 41.6 cm³/mol. The minimum atomic E-state index is -2.51. The minimum Gasteiger partial charge on any atom is -0.358 e. The fourth-order valence-electron chi connectivity index (χ4n) is 1.11. The summed E-state index contributed by atoms with van der Waals surface area (Å²) in [6, 6.07) is 0. The highest BCUT2D eigenvalue weighted by molar-refractivity contribution is 5.83. The Labute approximate surface area is 85.1 Å². The maximum atomic E-state index is 10.9. The molecule has 0 aliphatic carbocycles. The molecule has 2 rings (SSSR count). The van der Waals surface area contributed by atoms with Crippen molar-refractivity contribution in [1.29, 1.82) is 0 Å². The number of aromatic nitrogens is 2. The third kappa shape index (κ3) is 1.10. The highest BCUT2D eigenvalue weighted by atomic mass is 16.8. The van der Waals surface area contributed by atoms with Crippen LogP contribution in [0.25, 0.3) is 0 Å². The van der Waals surface area contributed by atoms with Gasteiger partial charge in [-0.3, -0.25) is 10.1 Å². The summed E-state index contributed by atoms with van der Waals surface area (Å²) in [6.45, 7) is 0. The van der Waals surface area contributed by atoms with E-state index < -0.39 is 27.0 Å². The molecule has 0 aromatic carbocycles. The molecule has 16 heavy (non-hydrogen) atoms. The topological polar surface area (TPSA) is 159 Å². The molecule has 84 valence electrons. The van der Waals surface area contributed by atoms with Crippen molar-refractivity contribution >= 4 is 5.84 Å². The van der Waals surface area contributed by atoms with Gasteiger partial charge in [0.25, 0.3) is 0 Å². The van der Waals surface area contributed by atoms with Gasteiger partial charge in [0.2, 0.25) is 5.69 Å². The maximum Gasteiger partial charge on any atom is 0.491 e. The van der Waals surface area contributed by atoms with E-state index in [0.717, 1.165) is 6.20 Å². The van der Waals surface area contributed by atoms with Crippen LogP contribution < -0.4 is 5.48 Å². The molecule has 0 spiro atoms. The van der Waals surface area contributed by atoms with E-state index >= 15 is 0 Å². The maximum absolute atomic E-state index is 10.9. The largest absolute Gasteiger partial charge is 0.491 e. The standard InChI is InChI=1S/C4H2N6O6/c11-9(12)3-4(10(13)14,8-16-7-3)2-1-5-15-6-2/h1,8H. The number of oxime groups is 1. The Morgan fingerprint density at radius 2 is 2.19 bits per heavy atom. The van der Waals surface area contributed by atoms with Gasteiger partial charge in [0.05, 0.1) is 4.92 Å². The Balaban J connectivity index is 2.58. The first-order valence-electron chi connectivity index (χ1n) is 3.67. The second-order valence-electron chi connectivity index (χ2n) is 2.63. The molecule has 12 heteroatoms. The number of hydrogen-bond donors (Lipinski definition) is 1. The van der Waals surface area contributed by atoms with Crippen molar-refractivity contribution in [3.63, 3.8) is 0 Å². The summed E-state index contributed by atoms with van der Waals surface area (Å²) in [5.74, 6) is -1.06. The van der Waals surface area contributed by atoms with E-state index in [1.807, 2.05) is 0 Å². The third-order valence-electron chi connectivity index (χ3n) is 1.83. The van der Waals surface area contributed by atoms with Crippen molar-refractivity contribution < 1.29 is 19.4 Å². The fourth-order valence-corrected chi connectivity index (χ4v) is 1.11. The SMILES string of the molecule is O=[N+]([O-])C1=NONC1(c1cnon1)[N+](=O)[O-]. The van der Waals surface area contributed by atoms with Crippen molar-refractivity contribution in [3.8, 4) is 0 Å². The first-order chi connectivity index (χ1) is 7.59. The van der Waals surface area contributed by atoms with Gasteiger partial charge in [0.1, 0.15) is 6.20 Å². The van der Waals surface area contributed by atoms with Gasteiger partial charge in [0.15, 0.2) is 5.16 Å². The molecule has 1 N–H and O–H groups in total. The van der Waals surface area contributed by atoms with Crippen LogP contribution in [0.3, 0.4) is 0 Å². The second-order valence-corrected chi connectivity index (χ2v) is 2.63. The van der Waals surface area contributed by atoms with Crippen LogP contribution in [0, 0.1) is 20.2 Å². The molecule has 0 bridgehead atoms. The van der Waals surface area contributed by atoms with Gasteiger partial charge < -0.3 is 10.1 Å². The van der Waals surface area contributed by atoms with Crippen LogP contribution in [0.5, 0.6) is 0 Å². The van der Waals surface area contributed by atoms with Gasteiger partial charge in [-0.05, 0) is 15.6 Å². The van der Waals surface area contributed by atoms with Crippen molar-refractivity contribution in [2.75, 3.05) is 0 Å². The first-order valence-corrected chi connectivity index (χ1v) is 3.67. The zero-order valence-corrected chi connectivity index (χ0v) is 7.26. The van der Waals surface area contributed by atoms with Crippen LogP contribution in [0.1, 0.15) is 5.69 Å². The Kier molecular flexibility index (Phi) is 1.98. The molecule has 1 aliphatic heterocycles. The highest BCUT2D eigenvalue weighted by Crippen LogP contribution is 2.26. The molecule has 1 unspecified atom stereocenters. The molecule has 0 saturated carbocycles. The van der Waals surface area contributed by atoms with Crippen LogP contribution in [0.4, 0.5) is 0 Å². The molecule has 0 radical (unpaired) electrons. The van der Waals surface area contributed by atoms with Crippen LogP contribution in [-0.4, -0.2) is 26.0 Å². The monoisotopic (exact) mass is 230 g/mol. The minimum absolute atomic E-state index is 0.439. The smallest absolute Gasteiger partial charge is 0.358 e. The number of amidine groups is 1. The van der Waals surface area contributed by atoms with Crippen LogP contribution in [0.15, 0.2) is 16.0 Å². The van der Waals surface area contributed by atoms with E-state index in [2.05, 4.69) is 25.0 Å². The van der Waals surface area contributed by atoms with Crippen molar-refractivity contribution in [2.45, 2.75) is 5.66 Å². The van der Waals surface area contributed by atoms with Gasteiger partial charge in [-0.1, -0.05) is 5.16 Å². The Hall–Kier alpha value is -2.63. The summed E-state index contributed by atoms with van der Waals surface area (Å²) >= 11 is 0. The molecule has 1 aliphatic rings. The number of rotatable bonds is 2. The number of nitrogens with one attached hydrogen (secondary N) is 1. The van der Waals surface area contributed by atoms with E-state index in [1.165, 1.54) is 0 Å². The van der Waals surface area contributed by atoms with E-state index in [0.29, 0.717) is 0 Å². The predicted octanol–water partition coefficient (Wildman–Crippen LogP) is -1.38. The lowest BCUT2D eigenvalue weighted by molar-refractivity contribution is -0.587. The van der Waals surface area contributed by atoms with Crippen molar-refractivity contribution in [1.82, 2.24) is 15.8 Å². The van der Waals surface area contributed by atoms with Crippen molar-refractivity contribution in [3.05, 3.63) is 32.1 Å². The molecular formula is C4H2N6O6. The lowest BCUT2D eigenvalue weighted by atomic mass is 10.1. The van der Waals surface area contributed by atoms with Gasteiger partial charge in [-0.2, -0.15) is 4.94 Å². The van der Waals surface area contributed by atoms with E-state index in [4.69, 9.17) is 0 Å². The van der Waals surface area contributed by atoms with E-state index in [9.17, 15) is 20.2 Å². The number of hydroxylamine groups is 1. The summed E-state index contributed by atoms with van der Waals surface area (Å²) in [6.07, 6.45) is 0.851. The van der Waals surface area contributed by atoms with Gasteiger partial charge in [0, 0.05) is 0 Å². The molecule has 0 saturated heterocycles. The average Bonchev–Trinajstić information content (AvgIpc) is 2.86. The number of nitro groups is 2. The molecule has 1 atom stereocenters. The zero-order valence-electron chi connectivity index (χ0n) is 7.26. The Morgan fingerprint density at radius 3 is 2.69 bits per heavy atom. The number of nitrogens with zero attached hydrogens (tertiary/aromatic N) is 5. The average molecular weight is 230 g/mol. The summed E-state index contributed by atoms with van der Waals surface area (Å²) in [5.41, 5.74) is -1.15. The van der Waals surface area contributed by atoms with Gasteiger partial charge >= 0.3 is 11.5 Å². The molecule has 0 fully saturated rings. The van der Waals surface area contributed by atoms with Crippen LogP contribution in [0.2, 0.25) is 0 Å².